The van der Waals surface area contributed by atoms with Crippen LogP contribution >= 0.6 is 0 Å². The second kappa shape index (κ2) is 11.2. The maximum absolute atomic E-state index is 11.6. The average molecular weight is 275 g/mol. The lowest BCUT2D eigenvalue weighted by molar-refractivity contribution is -0.148. The number of carbonyl (C=O) groups is 1. The minimum absolute atomic E-state index is 0.133. The van der Waals surface area contributed by atoms with E-state index in [-0.39, 0.29) is 12.0 Å². The van der Waals surface area contributed by atoms with E-state index in [9.17, 15) is 4.79 Å². The van der Waals surface area contributed by atoms with Crippen molar-refractivity contribution in [2.75, 3.05) is 53.3 Å². The first kappa shape index (κ1) is 16.4. The second-order valence-corrected chi connectivity index (χ2v) is 4.39. The number of hydrogen-bond acceptors (Lipinski definition) is 6. The summed E-state index contributed by atoms with van der Waals surface area (Å²) in [6, 6.07) is -0.133. The van der Waals surface area contributed by atoms with E-state index >= 15 is 0 Å². The third-order valence-corrected chi connectivity index (χ3v) is 2.87. The van der Waals surface area contributed by atoms with Crippen LogP contribution in [0, 0.1) is 0 Å². The number of piperidine rings is 1. The molecule has 19 heavy (non-hydrogen) atoms. The molecule has 0 aliphatic carbocycles. The van der Waals surface area contributed by atoms with Gasteiger partial charge in [-0.1, -0.05) is 6.42 Å². The van der Waals surface area contributed by atoms with Crippen molar-refractivity contribution in [3.05, 3.63) is 0 Å². The first-order valence-corrected chi connectivity index (χ1v) is 6.89. The van der Waals surface area contributed by atoms with Crippen LogP contribution in [0.3, 0.4) is 0 Å². The molecule has 1 fully saturated rings. The van der Waals surface area contributed by atoms with E-state index in [4.69, 9.17) is 18.9 Å². The van der Waals surface area contributed by atoms with E-state index in [1.807, 2.05) is 0 Å². The molecular formula is C13H25NO5. The van der Waals surface area contributed by atoms with E-state index in [2.05, 4.69) is 5.32 Å². The topological polar surface area (TPSA) is 66.0 Å². The zero-order chi connectivity index (χ0) is 13.8. The molecule has 1 atom stereocenters. The van der Waals surface area contributed by atoms with Gasteiger partial charge in [-0.3, -0.25) is 4.79 Å². The molecule has 1 unspecified atom stereocenters. The Balaban J connectivity index is 1.86. The molecule has 1 heterocycles. The van der Waals surface area contributed by atoms with Gasteiger partial charge in [-0.05, 0) is 19.4 Å². The van der Waals surface area contributed by atoms with Crippen molar-refractivity contribution in [1.29, 1.82) is 0 Å². The van der Waals surface area contributed by atoms with Gasteiger partial charge >= 0.3 is 5.97 Å². The van der Waals surface area contributed by atoms with Gasteiger partial charge in [-0.25, -0.2) is 0 Å². The summed E-state index contributed by atoms with van der Waals surface area (Å²) in [5, 5.41) is 3.15. The molecular weight excluding hydrogens is 250 g/mol. The summed E-state index contributed by atoms with van der Waals surface area (Å²) < 4.78 is 20.5. The van der Waals surface area contributed by atoms with E-state index in [0.29, 0.717) is 39.6 Å². The number of nitrogens with one attached hydrogen (secondary N) is 1. The van der Waals surface area contributed by atoms with Gasteiger partial charge in [-0.15, -0.1) is 0 Å². The molecule has 1 aliphatic rings. The zero-order valence-electron chi connectivity index (χ0n) is 11.7. The monoisotopic (exact) mass is 275 g/mol. The van der Waals surface area contributed by atoms with Crippen molar-refractivity contribution >= 4 is 5.97 Å². The van der Waals surface area contributed by atoms with E-state index in [1.54, 1.807) is 7.11 Å². The Kier molecular flexibility index (Phi) is 9.61. The largest absolute Gasteiger partial charge is 0.462 e. The lowest BCUT2D eigenvalue weighted by Crippen LogP contribution is -2.41. The van der Waals surface area contributed by atoms with Gasteiger partial charge in [0.15, 0.2) is 0 Å². The minimum atomic E-state index is -0.167. The Morgan fingerprint density at radius 3 is 2.37 bits per heavy atom. The van der Waals surface area contributed by atoms with Crippen LogP contribution in [0.4, 0.5) is 0 Å². The predicted octanol–water partition coefficient (Wildman–Crippen LogP) is 0.351. The SMILES string of the molecule is COCCOCCOCCOC(=O)C1CCCCN1. The molecule has 1 rings (SSSR count). The molecule has 6 nitrogen and oxygen atoms in total. The summed E-state index contributed by atoms with van der Waals surface area (Å²) in [6.45, 7) is 3.80. The van der Waals surface area contributed by atoms with Crippen molar-refractivity contribution < 1.29 is 23.7 Å². The molecule has 0 aromatic carbocycles. The summed E-state index contributed by atoms with van der Waals surface area (Å²) >= 11 is 0. The quantitative estimate of drug-likeness (QED) is 0.458. The standard InChI is InChI=1S/C13H25NO5/c1-16-6-7-17-8-9-18-10-11-19-13(15)12-4-2-3-5-14-12/h12,14H,2-11H2,1H3. The van der Waals surface area contributed by atoms with Crippen molar-refractivity contribution in [2.45, 2.75) is 25.3 Å². The Morgan fingerprint density at radius 2 is 1.74 bits per heavy atom. The van der Waals surface area contributed by atoms with E-state index < -0.39 is 0 Å². The fourth-order valence-electron chi connectivity index (χ4n) is 1.82. The highest BCUT2D eigenvalue weighted by Crippen LogP contribution is 2.07. The van der Waals surface area contributed by atoms with Crippen LogP contribution < -0.4 is 5.32 Å². The molecule has 0 aromatic rings. The Bertz CT molecular complexity index is 231. The number of methoxy groups -OCH3 is 1. The normalized spacial score (nSPS) is 19.3. The Labute approximate surface area is 114 Å². The maximum atomic E-state index is 11.6. The van der Waals surface area contributed by atoms with Crippen LogP contribution in [0.25, 0.3) is 0 Å². The molecule has 112 valence electrons. The molecule has 6 heteroatoms. The molecule has 0 saturated carbocycles. The second-order valence-electron chi connectivity index (χ2n) is 4.39. The van der Waals surface area contributed by atoms with Crippen LogP contribution in [0.1, 0.15) is 19.3 Å². The number of hydrogen-bond donors (Lipinski definition) is 1. The first-order chi connectivity index (χ1) is 9.34. The summed E-state index contributed by atoms with van der Waals surface area (Å²) in [4.78, 5) is 11.6. The fraction of sp³-hybridized carbons (Fsp3) is 0.923. The lowest BCUT2D eigenvalue weighted by atomic mass is 10.1. The van der Waals surface area contributed by atoms with Crippen molar-refractivity contribution in [1.82, 2.24) is 5.32 Å². The average Bonchev–Trinajstić information content (AvgIpc) is 2.46. The molecule has 1 N–H and O–H groups in total. The van der Waals surface area contributed by atoms with E-state index in [0.717, 1.165) is 25.8 Å². The molecule has 1 aliphatic heterocycles. The van der Waals surface area contributed by atoms with Gasteiger partial charge < -0.3 is 24.3 Å². The van der Waals surface area contributed by atoms with Gasteiger partial charge in [0.05, 0.1) is 33.0 Å². The molecule has 0 aromatic heterocycles. The molecule has 0 spiro atoms. The number of ether oxygens (including phenoxy) is 4. The van der Waals surface area contributed by atoms with Crippen molar-refractivity contribution in [2.24, 2.45) is 0 Å². The van der Waals surface area contributed by atoms with Gasteiger partial charge in [0.2, 0.25) is 0 Å². The van der Waals surface area contributed by atoms with Crippen LogP contribution in [0.5, 0.6) is 0 Å². The molecule has 0 radical (unpaired) electrons. The molecule has 0 amide bonds. The summed E-state index contributed by atoms with van der Waals surface area (Å²) in [7, 11) is 1.63. The summed E-state index contributed by atoms with van der Waals surface area (Å²) in [5.74, 6) is -0.167. The third-order valence-electron chi connectivity index (χ3n) is 2.87. The molecule has 1 saturated heterocycles. The van der Waals surface area contributed by atoms with Gasteiger partial charge in [0.1, 0.15) is 12.6 Å². The highest BCUT2D eigenvalue weighted by molar-refractivity contribution is 5.75. The Morgan fingerprint density at radius 1 is 1.05 bits per heavy atom. The van der Waals surface area contributed by atoms with Crippen molar-refractivity contribution in [3.63, 3.8) is 0 Å². The van der Waals surface area contributed by atoms with Crippen LogP contribution in [-0.2, 0) is 23.7 Å². The van der Waals surface area contributed by atoms with E-state index in [1.165, 1.54) is 0 Å². The Hall–Kier alpha value is -0.690. The van der Waals surface area contributed by atoms with Gasteiger partial charge in [0.25, 0.3) is 0 Å². The summed E-state index contributed by atoms with van der Waals surface area (Å²) in [5.41, 5.74) is 0. The van der Waals surface area contributed by atoms with Crippen LogP contribution in [-0.4, -0.2) is 65.3 Å². The fourth-order valence-corrected chi connectivity index (χ4v) is 1.82. The lowest BCUT2D eigenvalue weighted by Gasteiger charge is -2.21. The minimum Gasteiger partial charge on any atom is -0.462 e. The van der Waals surface area contributed by atoms with Gasteiger partial charge in [0, 0.05) is 7.11 Å². The third kappa shape index (κ3) is 8.15. The number of carbonyl (C=O) groups excluding carboxylic acids is 1. The van der Waals surface area contributed by atoms with Crippen LogP contribution in [0.2, 0.25) is 0 Å². The number of rotatable bonds is 10. The number of esters is 1. The summed E-state index contributed by atoms with van der Waals surface area (Å²) in [6.07, 6.45) is 3.09. The highest BCUT2D eigenvalue weighted by atomic mass is 16.6. The maximum Gasteiger partial charge on any atom is 0.323 e. The van der Waals surface area contributed by atoms with Crippen LogP contribution in [0.15, 0.2) is 0 Å². The van der Waals surface area contributed by atoms with Gasteiger partial charge in [-0.2, -0.15) is 0 Å². The smallest absolute Gasteiger partial charge is 0.323 e. The predicted molar refractivity (Wildman–Crippen MR) is 70.1 cm³/mol. The molecule has 0 bridgehead atoms. The first-order valence-electron chi connectivity index (χ1n) is 6.89. The highest BCUT2D eigenvalue weighted by Gasteiger charge is 2.21. The van der Waals surface area contributed by atoms with Crippen molar-refractivity contribution in [3.8, 4) is 0 Å². The zero-order valence-corrected chi connectivity index (χ0v) is 11.7.